The summed E-state index contributed by atoms with van der Waals surface area (Å²) >= 11 is 0. The molecule has 2 saturated carbocycles. The Morgan fingerprint density at radius 3 is 2.41 bits per heavy atom. The third-order valence-electron chi connectivity index (χ3n) is 4.07. The van der Waals surface area contributed by atoms with Crippen molar-refractivity contribution in [1.82, 2.24) is 10.2 Å². The largest absolute Gasteiger partial charge is 0.395 e. The van der Waals surface area contributed by atoms with Crippen molar-refractivity contribution in [1.29, 1.82) is 0 Å². The highest BCUT2D eigenvalue weighted by Gasteiger charge is 2.28. The van der Waals surface area contributed by atoms with Gasteiger partial charge in [0.2, 0.25) is 5.91 Å². The van der Waals surface area contributed by atoms with Gasteiger partial charge in [0.25, 0.3) is 0 Å². The smallest absolute Gasteiger partial charge is 0.236 e. The SMILES string of the molecule is O=C(CNC1CCCC1)N(CCO)C1CCC1. The zero-order chi connectivity index (χ0) is 12.1. The Hall–Kier alpha value is -0.610. The van der Waals surface area contributed by atoms with Gasteiger partial charge >= 0.3 is 0 Å². The first-order valence-corrected chi connectivity index (χ1v) is 6.95. The summed E-state index contributed by atoms with van der Waals surface area (Å²) < 4.78 is 0. The molecule has 2 N–H and O–H groups in total. The second-order valence-corrected chi connectivity index (χ2v) is 5.26. The average molecular weight is 240 g/mol. The van der Waals surface area contributed by atoms with E-state index >= 15 is 0 Å². The molecule has 0 aromatic heterocycles. The first-order chi connectivity index (χ1) is 8.31. The summed E-state index contributed by atoms with van der Waals surface area (Å²) in [5.74, 6) is 0.163. The molecule has 0 aromatic rings. The third-order valence-corrected chi connectivity index (χ3v) is 4.07. The lowest BCUT2D eigenvalue weighted by molar-refractivity contribution is -0.135. The van der Waals surface area contributed by atoms with E-state index in [2.05, 4.69) is 5.32 Å². The van der Waals surface area contributed by atoms with Gasteiger partial charge in [0, 0.05) is 18.6 Å². The summed E-state index contributed by atoms with van der Waals surface area (Å²) in [5.41, 5.74) is 0. The van der Waals surface area contributed by atoms with Crippen LogP contribution in [0.4, 0.5) is 0 Å². The predicted octanol–water partition coefficient (Wildman–Crippen LogP) is 0.892. The number of rotatable bonds is 6. The van der Waals surface area contributed by atoms with Crippen molar-refractivity contribution in [2.75, 3.05) is 19.7 Å². The fourth-order valence-corrected chi connectivity index (χ4v) is 2.78. The number of amides is 1. The molecule has 0 atom stereocenters. The van der Waals surface area contributed by atoms with Crippen LogP contribution in [0, 0.1) is 0 Å². The van der Waals surface area contributed by atoms with Crippen LogP contribution in [0.15, 0.2) is 0 Å². The average Bonchev–Trinajstić information content (AvgIpc) is 2.75. The fraction of sp³-hybridized carbons (Fsp3) is 0.923. The summed E-state index contributed by atoms with van der Waals surface area (Å²) in [4.78, 5) is 13.9. The van der Waals surface area contributed by atoms with E-state index in [1.807, 2.05) is 4.90 Å². The van der Waals surface area contributed by atoms with Crippen LogP contribution in [0.25, 0.3) is 0 Å². The van der Waals surface area contributed by atoms with Crippen molar-refractivity contribution in [3.05, 3.63) is 0 Å². The number of hydrogen-bond donors (Lipinski definition) is 2. The maximum atomic E-state index is 12.1. The molecule has 1 amide bonds. The molecular weight excluding hydrogens is 216 g/mol. The minimum Gasteiger partial charge on any atom is -0.395 e. The summed E-state index contributed by atoms with van der Waals surface area (Å²) in [6, 6.07) is 0.927. The molecule has 0 heterocycles. The van der Waals surface area contributed by atoms with Crippen LogP contribution in [-0.4, -0.2) is 47.7 Å². The van der Waals surface area contributed by atoms with Crippen molar-refractivity contribution in [2.45, 2.75) is 57.0 Å². The Kier molecular flexibility index (Phi) is 4.80. The van der Waals surface area contributed by atoms with Crippen molar-refractivity contribution in [3.63, 3.8) is 0 Å². The topological polar surface area (TPSA) is 52.6 Å². The number of hydrogen-bond acceptors (Lipinski definition) is 3. The van der Waals surface area contributed by atoms with Crippen molar-refractivity contribution in [2.24, 2.45) is 0 Å². The summed E-state index contributed by atoms with van der Waals surface area (Å²) in [7, 11) is 0. The molecule has 0 saturated heterocycles. The normalized spacial score (nSPS) is 21.5. The number of aliphatic hydroxyl groups is 1. The summed E-state index contributed by atoms with van der Waals surface area (Å²) in [6.07, 6.45) is 8.41. The molecule has 2 fully saturated rings. The molecule has 0 spiro atoms. The second kappa shape index (κ2) is 6.36. The van der Waals surface area contributed by atoms with Gasteiger partial charge in [0.1, 0.15) is 0 Å². The molecule has 2 rings (SSSR count). The summed E-state index contributed by atoms with van der Waals surface area (Å²) in [5, 5.41) is 12.4. The van der Waals surface area contributed by atoms with Crippen LogP contribution in [0.1, 0.15) is 44.9 Å². The molecule has 0 aromatic carbocycles. The monoisotopic (exact) mass is 240 g/mol. The van der Waals surface area contributed by atoms with Crippen LogP contribution in [0.2, 0.25) is 0 Å². The highest BCUT2D eigenvalue weighted by Crippen LogP contribution is 2.24. The molecule has 0 radical (unpaired) electrons. The van der Waals surface area contributed by atoms with E-state index < -0.39 is 0 Å². The quantitative estimate of drug-likeness (QED) is 0.725. The first kappa shape index (κ1) is 12.8. The van der Waals surface area contributed by atoms with Gasteiger partial charge in [-0.1, -0.05) is 12.8 Å². The van der Waals surface area contributed by atoms with E-state index in [1.165, 1.54) is 32.1 Å². The molecule has 4 heteroatoms. The molecule has 2 aliphatic rings. The van der Waals surface area contributed by atoms with Gasteiger partial charge in [0.15, 0.2) is 0 Å². The Labute approximate surface area is 103 Å². The van der Waals surface area contributed by atoms with Crippen molar-refractivity contribution < 1.29 is 9.90 Å². The zero-order valence-corrected chi connectivity index (χ0v) is 10.5. The van der Waals surface area contributed by atoms with Crippen LogP contribution >= 0.6 is 0 Å². The number of carbonyl (C=O) groups excluding carboxylic acids is 1. The first-order valence-electron chi connectivity index (χ1n) is 6.95. The van der Waals surface area contributed by atoms with Gasteiger partial charge in [0.05, 0.1) is 13.2 Å². The molecule has 4 nitrogen and oxygen atoms in total. The molecule has 0 unspecified atom stereocenters. The maximum absolute atomic E-state index is 12.1. The predicted molar refractivity (Wildman–Crippen MR) is 66.7 cm³/mol. The number of nitrogens with one attached hydrogen (secondary N) is 1. The molecule has 0 aliphatic heterocycles. The third kappa shape index (κ3) is 3.42. The van der Waals surface area contributed by atoms with Crippen LogP contribution in [0.5, 0.6) is 0 Å². The number of carbonyl (C=O) groups is 1. The molecule has 98 valence electrons. The van der Waals surface area contributed by atoms with E-state index in [0.29, 0.717) is 25.2 Å². The Bertz CT molecular complexity index is 248. The summed E-state index contributed by atoms with van der Waals surface area (Å²) in [6.45, 7) is 1.02. The highest BCUT2D eigenvalue weighted by atomic mass is 16.3. The minimum absolute atomic E-state index is 0.0751. The lowest BCUT2D eigenvalue weighted by atomic mass is 9.91. The lowest BCUT2D eigenvalue weighted by Crippen LogP contribution is -2.49. The van der Waals surface area contributed by atoms with Crippen LogP contribution < -0.4 is 5.32 Å². The molecule has 17 heavy (non-hydrogen) atoms. The second-order valence-electron chi connectivity index (χ2n) is 5.26. The molecular formula is C13H24N2O2. The van der Waals surface area contributed by atoms with Gasteiger partial charge in [-0.15, -0.1) is 0 Å². The molecule has 0 bridgehead atoms. The number of nitrogens with zero attached hydrogens (tertiary/aromatic N) is 1. The van der Waals surface area contributed by atoms with Crippen LogP contribution in [-0.2, 0) is 4.79 Å². The van der Waals surface area contributed by atoms with E-state index in [-0.39, 0.29) is 12.5 Å². The zero-order valence-electron chi connectivity index (χ0n) is 10.5. The van der Waals surface area contributed by atoms with Gasteiger partial charge < -0.3 is 15.3 Å². The van der Waals surface area contributed by atoms with Crippen molar-refractivity contribution >= 4 is 5.91 Å². The van der Waals surface area contributed by atoms with E-state index in [9.17, 15) is 4.79 Å². The van der Waals surface area contributed by atoms with E-state index in [0.717, 1.165) is 12.8 Å². The Morgan fingerprint density at radius 2 is 1.88 bits per heavy atom. The molecule has 2 aliphatic carbocycles. The van der Waals surface area contributed by atoms with Gasteiger partial charge in [-0.2, -0.15) is 0 Å². The Morgan fingerprint density at radius 1 is 1.18 bits per heavy atom. The van der Waals surface area contributed by atoms with Crippen molar-refractivity contribution in [3.8, 4) is 0 Å². The van der Waals surface area contributed by atoms with Crippen LogP contribution in [0.3, 0.4) is 0 Å². The Balaban J connectivity index is 1.74. The van der Waals surface area contributed by atoms with E-state index in [4.69, 9.17) is 5.11 Å². The maximum Gasteiger partial charge on any atom is 0.236 e. The highest BCUT2D eigenvalue weighted by molar-refractivity contribution is 5.78. The van der Waals surface area contributed by atoms with Gasteiger partial charge in [-0.05, 0) is 32.1 Å². The van der Waals surface area contributed by atoms with Gasteiger partial charge in [-0.25, -0.2) is 0 Å². The van der Waals surface area contributed by atoms with Gasteiger partial charge in [-0.3, -0.25) is 4.79 Å². The fourth-order valence-electron chi connectivity index (χ4n) is 2.78. The van der Waals surface area contributed by atoms with E-state index in [1.54, 1.807) is 0 Å². The number of aliphatic hydroxyl groups excluding tert-OH is 1. The minimum atomic E-state index is 0.0751. The lowest BCUT2D eigenvalue weighted by Gasteiger charge is -2.37. The standard InChI is InChI=1S/C13H24N2O2/c16-9-8-15(12-6-3-7-12)13(17)10-14-11-4-1-2-5-11/h11-12,14,16H,1-10H2.